The summed E-state index contributed by atoms with van der Waals surface area (Å²) in [6, 6.07) is 32.4. The molecule has 3 aromatic rings. The first-order chi connectivity index (χ1) is 11.3. The second kappa shape index (κ2) is 9.04. The number of rotatable bonds is 4. The molecular formula is C22H21SiSn. The summed E-state index contributed by atoms with van der Waals surface area (Å²) in [6.45, 7) is 4.75. The second-order valence-corrected chi connectivity index (χ2v) is 8.35. The minimum Gasteiger partial charge on any atom is -0.0670 e. The monoisotopic (exact) mass is 433 g/mol. The van der Waals surface area contributed by atoms with Gasteiger partial charge in [-0.1, -0.05) is 104 Å². The molecule has 0 amide bonds. The van der Waals surface area contributed by atoms with Crippen molar-refractivity contribution in [3.8, 4) is 0 Å². The van der Waals surface area contributed by atoms with Crippen LogP contribution in [0.25, 0.3) is 10.8 Å². The molecule has 0 aromatic heterocycles. The molecule has 2 heteroatoms. The quantitative estimate of drug-likeness (QED) is 0.374. The van der Waals surface area contributed by atoms with Crippen molar-refractivity contribution in [3.63, 3.8) is 0 Å². The summed E-state index contributed by atoms with van der Waals surface area (Å²) in [5.41, 5.74) is 5.30. The third-order valence-electron chi connectivity index (χ3n) is 3.94. The van der Waals surface area contributed by atoms with Gasteiger partial charge in [0.15, 0.2) is 0 Å². The Morgan fingerprint density at radius 2 is 0.875 bits per heavy atom. The summed E-state index contributed by atoms with van der Waals surface area (Å²) in [5.74, 6) is 0. The van der Waals surface area contributed by atoms with Gasteiger partial charge in [-0.25, -0.2) is 0 Å². The van der Waals surface area contributed by atoms with Crippen molar-refractivity contribution in [3.05, 3.63) is 108 Å². The maximum Gasteiger partial charge on any atom is 0.0808 e. The van der Waals surface area contributed by atoms with Crippen molar-refractivity contribution >= 4 is 43.5 Å². The first-order valence-corrected chi connectivity index (χ1v) is 10.5. The van der Waals surface area contributed by atoms with Gasteiger partial charge in [0, 0.05) is 23.9 Å². The Balaban J connectivity index is 0.00000208. The van der Waals surface area contributed by atoms with Crippen molar-refractivity contribution in [1.29, 1.82) is 0 Å². The van der Waals surface area contributed by atoms with Gasteiger partial charge < -0.3 is 0 Å². The van der Waals surface area contributed by atoms with Crippen LogP contribution in [-0.4, -0.2) is 32.7 Å². The zero-order chi connectivity index (χ0) is 16.1. The van der Waals surface area contributed by atoms with Gasteiger partial charge in [0.05, 0.1) is 8.80 Å². The van der Waals surface area contributed by atoms with E-state index in [1.54, 1.807) is 0 Å². The first-order valence-electron chi connectivity index (χ1n) is 7.98. The summed E-state index contributed by atoms with van der Waals surface area (Å²) >= 11 is 0. The average molecular weight is 432 g/mol. The molecule has 0 saturated heterocycles. The normalized spacial score (nSPS) is 10.1. The Morgan fingerprint density at radius 3 is 1.21 bits per heavy atom. The van der Waals surface area contributed by atoms with Gasteiger partial charge in [0.25, 0.3) is 0 Å². The molecule has 0 saturated carbocycles. The summed E-state index contributed by atoms with van der Waals surface area (Å²) in [6.07, 6.45) is 0. The molecule has 3 aromatic carbocycles. The van der Waals surface area contributed by atoms with Crippen LogP contribution in [0.2, 0.25) is 13.1 Å². The largest absolute Gasteiger partial charge is 0.0808 e. The summed E-state index contributed by atoms with van der Waals surface area (Å²) in [4.78, 5) is 0. The molecule has 0 aliphatic heterocycles. The van der Waals surface area contributed by atoms with E-state index in [1.165, 1.54) is 27.5 Å². The Hall–Kier alpha value is -1.58. The Kier molecular flexibility index (Phi) is 7.07. The topological polar surface area (TPSA) is 0 Å². The average Bonchev–Trinajstić information content (AvgIpc) is 2.61. The molecule has 0 heterocycles. The van der Waals surface area contributed by atoms with Gasteiger partial charge in [-0.3, -0.25) is 0 Å². The second-order valence-electron chi connectivity index (χ2n) is 5.85. The molecule has 24 heavy (non-hydrogen) atoms. The molecule has 117 valence electrons. The van der Waals surface area contributed by atoms with E-state index >= 15 is 0 Å². The molecule has 0 aliphatic rings. The molecule has 0 spiro atoms. The summed E-state index contributed by atoms with van der Waals surface area (Å²) in [7, 11) is -0.639. The third kappa shape index (κ3) is 4.28. The molecule has 3 rings (SSSR count). The van der Waals surface area contributed by atoms with Crippen LogP contribution in [-0.2, 0) is 0 Å². The molecule has 0 atom stereocenters. The van der Waals surface area contributed by atoms with Crippen molar-refractivity contribution < 1.29 is 0 Å². The van der Waals surface area contributed by atoms with E-state index in [0.29, 0.717) is 0 Å². The number of benzene rings is 3. The fraction of sp³-hybridized carbons (Fsp3) is 0.0909. The van der Waals surface area contributed by atoms with Gasteiger partial charge in [-0.2, -0.15) is 0 Å². The van der Waals surface area contributed by atoms with E-state index in [9.17, 15) is 0 Å². The fourth-order valence-corrected chi connectivity index (χ4v) is 4.49. The van der Waals surface area contributed by atoms with E-state index in [4.69, 9.17) is 0 Å². The fourth-order valence-electron chi connectivity index (χ4n) is 2.95. The zero-order valence-electron chi connectivity index (χ0n) is 14.2. The first kappa shape index (κ1) is 18.7. The van der Waals surface area contributed by atoms with Crippen LogP contribution >= 0.6 is 0 Å². The summed E-state index contributed by atoms with van der Waals surface area (Å²) < 4.78 is 0. The van der Waals surface area contributed by atoms with E-state index in [0.717, 1.165) is 0 Å². The Labute approximate surface area is 163 Å². The Morgan fingerprint density at radius 1 is 0.542 bits per heavy atom. The molecule has 5 radical (unpaired) electrons. The smallest absolute Gasteiger partial charge is 0.0670 e. The molecule has 0 N–H and O–H groups in total. The van der Waals surface area contributed by atoms with Crippen LogP contribution < -0.4 is 0 Å². The standard InChI is InChI=1S/C22H21Si.Sn/c1-23(2)22(20-16-10-5-11-17-20)21(18-12-6-3-7-13-18)19-14-8-4-9-15-19;/h3-17H,1-2H3;. The van der Waals surface area contributed by atoms with E-state index in [2.05, 4.69) is 104 Å². The van der Waals surface area contributed by atoms with Crippen LogP contribution in [0.3, 0.4) is 0 Å². The Bertz CT molecular complexity index is 736. The van der Waals surface area contributed by atoms with E-state index < -0.39 is 8.80 Å². The maximum absolute atomic E-state index is 2.37. The third-order valence-corrected chi connectivity index (χ3v) is 5.48. The minimum atomic E-state index is -0.639. The van der Waals surface area contributed by atoms with E-state index in [1.807, 2.05) is 0 Å². The van der Waals surface area contributed by atoms with Crippen molar-refractivity contribution in [2.75, 3.05) is 0 Å². The van der Waals surface area contributed by atoms with Gasteiger partial charge in [0.1, 0.15) is 0 Å². The van der Waals surface area contributed by atoms with Crippen molar-refractivity contribution in [2.45, 2.75) is 13.1 Å². The SMILES string of the molecule is C[Si](C)C(=C(c1ccccc1)c1ccccc1)c1ccccc1.[Sn]. The number of hydrogen-bond donors (Lipinski definition) is 0. The molecular weight excluding hydrogens is 411 g/mol. The minimum absolute atomic E-state index is 0. The van der Waals surface area contributed by atoms with Crippen LogP contribution in [0.4, 0.5) is 0 Å². The maximum atomic E-state index is 2.37. The van der Waals surface area contributed by atoms with E-state index in [-0.39, 0.29) is 23.9 Å². The molecule has 0 unspecified atom stereocenters. The molecule has 0 bridgehead atoms. The molecule has 0 fully saturated rings. The summed E-state index contributed by atoms with van der Waals surface area (Å²) in [5, 5.41) is 1.49. The van der Waals surface area contributed by atoms with Crippen LogP contribution in [0.15, 0.2) is 91.0 Å². The zero-order valence-corrected chi connectivity index (χ0v) is 18.0. The predicted molar refractivity (Wildman–Crippen MR) is 108 cm³/mol. The number of hydrogen-bond acceptors (Lipinski definition) is 0. The van der Waals surface area contributed by atoms with Gasteiger partial charge >= 0.3 is 0 Å². The van der Waals surface area contributed by atoms with Crippen molar-refractivity contribution in [2.24, 2.45) is 0 Å². The van der Waals surface area contributed by atoms with Gasteiger partial charge in [-0.15, -0.1) is 0 Å². The molecule has 0 aliphatic carbocycles. The van der Waals surface area contributed by atoms with Crippen LogP contribution in [0.5, 0.6) is 0 Å². The van der Waals surface area contributed by atoms with Crippen molar-refractivity contribution in [1.82, 2.24) is 0 Å². The predicted octanol–water partition coefficient (Wildman–Crippen LogP) is 5.56. The van der Waals surface area contributed by atoms with Gasteiger partial charge in [-0.05, 0) is 27.5 Å². The molecule has 0 nitrogen and oxygen atoms in total. The van der Waals surface area contributed by atoms with Crippen LogP contribution in [0.1, 0.15) is 16.7 Å². The van der Waals surface area contributed by atoms with Crippen LogP contribution in [0, 0.1) is 0 Å². The van der Waals surface area contributed by atoms with Gasteiger partial charge in [0.2, 0.25) is 0 Å².